The minimum Gasteiger partial charge on any atom is -0.444 e. The Balaban J connectivity index is 1.89. The molecule has 1 aliphatic heterocycles. The largest absolute Gasteiger partial charge is 0.444 e. The van der Waals surface area contributed by atoms with E-state index in [1.165, 1.54) is 0 Å². The number of alkyl carbamates (subject to hydrolysis) is 1. The minimum atomic E-state index is -0.811. The Labute approximate surface area is 186 Å². The molecule has 1 heterocycles. The summed E-state index contributed by atoms with van der Waals surface area (Å²) in [5.74, 6) is -1.74. The first kappa shape index (κ1) is 23.6. The van der Waals surface area contributed by atoms with E-state index in [0.29, 0.717) is 5.57 Å². The van der Waals surface area contributed by atoms with E-state index in [2.05, 4.69) is 10.6 Å². The molecule has 1 aliphatic rings. The van der Waals surface area contributed by atoms with Crippen LogP contribution in [0.2, 0.25) is 0 Å². The van der Waals surface area contributed by atoms with Gasteiger partial charge < -0.3 is 15.4 Å². The number of carbonyl (C=O) groups is 2. The molecule has 0 spiro atoms. The van der Waals surface area contributed by atoms with Crippen molar-refractivity contribution in [3.8, 4) is 0 Å². The van der Waals surface area contributed by atoms with Crippen LogP contribution in [0, 0.1) is 11.6 Å². The number of hydrogen-bond donors (Lipinski definition) is 2. The minimum absolute atomic E-state index is 0.157. The average molecular weight is 443 g/mol. The molecule has 3 rings (SSSR count). The van der Waals surface area contributed by atoms with Crippen LogP contribution in [0.15, 0.2) is 54.6 Å². The van der Waals surface area contributed by atoms with Crippen molar-refractivity contribution in [2.75, 3.05) is 6.54 Å². The van der Waals surface area contributed by atoms with Gasteiger partial charge in [-0.2, -0.15) is 0 Å². The van der Waals surface area contributed by atoms with Gasteiger partial charge in [-0.1, -0.05) is 36.4 Å². The fourth-order valence-electron chi connectivity index (χ4n) is 3.71. The summed E-state index contributed by atoms with van der Waals surface area (Å²) in [5.41, 5.74) is 0.878. The lowest BCUT2D eigenvalue weighted by atomic mass is 9.82. The molecule has 32 heavy (non-hydrogen) atoms. The second kappa shape index (κ2) is 9.61. The second-order valence-electron chi connectivity index (χ2n) is 8.88. The molecule has 0 aromatic heterocycles. The molecule has 170 valence electrons. The molecular formula is C25H28F2N2O3. The van der Waals surface area contributed by atoms with Crippen molar-refractivity contribution >= 4 is 17.4 Å². The summed E-state index contributed by atoms with van der Waals surface area (Å²) in [6, 6.07) is 11.2. The van der Waals surface area contributed by atoms with E-state index in [4.69, 9.17) is 4.74 Å². The Morgan fingerprint density at radius 1 is 1.12 bits per heavy atom. The quantitative estimate of drug-likeness (QED) is 0.711. The SMILES string of the molecule is CC(NC(=O)OC(C)(C)C)C(=O)C1NCC(c2cc(F)ccc2F)=CC1c1ccccc1. The van der Waals surface area contributed by atoms with Crippen molar-refractivity contribution in [2.24, 2.45) is 0 Å². The van der Waals surface area contributed by atoms with Gasteiger partial charge in [0.05, 0.1) is 12.1 Å². The van der Waals surface area contributed by atoms with Crippen LogP contribution >= 0.6 is 0 Å². The predicted octanol–water partition coefficient (Wildman–Crippen LogP) is 4.59. The third kappa shape index (κ3) is 5.79. The number of benzene rings is 2. The third-order valence-corrected chi connectivity index (χ3v) is 5.18. The maximum Gasteiger partial charge on any atom is 0.408 e. The topological polar surface area (TPSA) is 67.4 Å². The molecule has 2 aromatic carbocycles. The Morgan fingerprint density at radius 2 is 1.81 bits per heavy atom. The van der Waals surface area contributed by atoms with Crippen LogP contribution in [0.3, 0.4) is 0 Å². The van der Waals surface area contributed by atoms with Crippen molar-refractivity contribution in [2.45, 2.75) is 51.3 Å². The fraction of sp³-hybridized carbons (Fsp3) is 0.360. The number of amides is 1. The average Bonchev–Trinajstić information content (AvgIpc) is 2.73. The number of ether oxygens (including phenoxy) is 1. The molecule has 7 heteroatoms. The van der Waals surface area contributed by atoms with Crippen molar-refractivity contribution in [1.29, 1.82) is 0 Å². The maximum atomic E-state index is 14.4. The van der Waals surface area contributed by atoms with Crippen molar-refractivity contribution in [3.63, 3.8) is 0 Å². The molecule has 0 radical (unpaired) electrons. The summed E-state index contributed by atoms with van der Waals surface area (Å²) in [5, 5.41) is 5.75. The standard InChI is InChI=1S/C25H28F2N2O3/c1-15(29-24(31)32-25(2,3)4)23(30)22-20(16-8-6-5-7-9-16)12-17(14-28-22)19-13-18(26)10-11-21(19)27/h5-13,15,20,22,28H,14H2,1-4H3,(H,29,31). The lowest BCUT2D eigenvalue weighted by molar-refractivity contribution is -0.123. The Hall–Kier alpha value is -3.06. The number of rotatable bonds is 5. The lowest BCUT2D eigenvalue weighted by Gasteiger charge is -2.33. The molecule has 3 unspecified atom stereocenters. The Bertz CT molecular complexity index is 1020. The van der Waals surface area contributed by atoms with E-state index < -0.39 is 41.3 Å². The summed E-state index contributed by atoms with van der Waals surface area (Å²) in [6.45, 7) is 7.00. The van der Waals surface area contributed by atoms with Gasteiger partial charge in [0.25, 0.3) is 0 Å². The van der Waals surface area contributed by atoms with E-state index in [1.54, 1.807) is 33.8 Å². The predicted molar refractivity (Wildman–Crippen MR) is 119 cm³/mol. The van der Waals surface area contributed by atoms with Gasteiger partial charge in [-0.15, -0.1) is 0 Å². The monoisotopic (exact) mass is 442 g/mol. The molecule has 0 bridgehead atoms. The Kier molecular flexibility index (Phi) is 7.09. The zero-order valence-electron chi connectivity index (χ0n) is 18.6. The van der Waals surface area contributed by atoms with Gasteiger partial charge >= 0.3 is 6.09 Å². The molecular weight excluding hydrogens is 414 g/mol. The van der Waals surface area contributed by atoms with Crippen molar-refractivity contribution in [1.82, 2.24) is 10.6 Å². The molecule has 1 amide bonds. The first-order valence-electron chi connectivity index (χ1n) is 10.5. The first-order valence-corrected chi connectivity index (χ1v) is 10.5. The molecule has 0 aliphatic carbocycles. The van der Waals surface area contributed by atoms with E-state index >= 15 is 0 Å². The smallest absolute Gasteiger partial charge is 0.408 e. The van der Waals surface area contributed by atoms with Crippen LogP contribution in [-0.2, 0) is 9.53 Å². The lowest BCUT2D eigenvalue weighted by Crippen LogP contribution is -2.53. The second-order valence-corrected chi connectivity index (χ2v) is 8.88. The van der Waals surface area contributed by atoms with Crippen LogP contribution in [0.5, 0.6) is 0 Å². The number of halogens is 2. The number of nitrogens with one attached hydrogen (secondary N) is 2. The number of Topliss-reactive ketones (excluding diaryl/α,β-unsaturated/α-hetero) is 1. The highest BCUT2D eigenvalue weighted by Gasteiger charge is 2.35. The van der Waals surface area contributed by atoms with Crippen LogP contribution < -0.4 is 10.6 Å². The number of ketones is 1. The molecule has 0 saturated carbocycles. The highest BCUT2D eigenvalue weighted by atomic mass is 19.1. The van der Waals surface area contributed by atoms with Gasteiger partial charge in [-0.25, -0.2) is 13.6 Å². The zero-order valence-corrected chi connectivity index (χ0v) is 18.6. The maximum absolute atomic E-state index is 14.4. The molecule has 2 N–H and O–H groups in total. The van der Waals surface area contributed by atoms with Gasteiger partial charge in [0.1, 0.15) is 17.2 Å². The van der Waals surface area contributed by atoms with E-state index in [9.17, 15) is 18.4 Å². The van der Waals surface area contributed by atoms with Crippen LogP contribution in [0.25, 0.3) is 5.57 Å². The molecule has 2 aromatic rings. The first-order chi connectivity index (χ1) is 15.0. The highest BCUT2D eigenvalue weighted by molar-refractivity contribution is 5.93. The van der Waals surface area contributed by atoms with Crippen molar-refractivity contribution < 1.29 is 23.1 Å². The highest BCUT2D eigenvalue weighted by Crippen LogP contribution is 2.32. The van der Waals surface area contributed by atoms with Gasteiger partial charge in [0.15, 0.2) is 5.78 Å². The van der Waals surface area contributed by atoms with Crippen LogP contribution in [0.4, 0.5) is 13.6 Å². The van der Waals surface area contributed by atoms with Gasteiger partial charge in [-0.05, 0) is 57.0 Å². The van der Waals surface area contributed by atoms with E-state index in [1.807, 2.05) is 30.3 Å². The third-order valence-electron chi connectivity index (χ3n) is 5.18. The fourth-order valence-corrected chi connectivity index (χ4v) is 3.71. The summed E-state index contributed by atoms with van der Waals surface area (Å²) in [6.07, 6.45) is 1.12. The summed E-state index contributed by atoms with van der Waals surface area (Å²) in [7, 11) is 0. The van der Waals surface area contributed by atoms with Gasteiger partial charge in [-0.3, -0.25) is 4.79 Å². The van der Waals surface area contributed by atoms with Crippen LogP contribution in [0.1, 0.15) is 44.7 Å². The summed E-state index contributed by atoms with van der Waals surface area (Å²) >= 11 is 0. The Morgan fingerprint density at radius 3 is 2.47 bits per heavy atom. The number of hydrogen-bond acceptors (Lipinski definition) is 4. The van der Waals surface area contributed by atoms with E-state index in [-0.39, 0.29) is 17.9 Å². The van der Waals surface area contributed by atoms with Crippen molar-refractivity contribution in [3.05, 3.63) is 77.4 Å². The molecule has 5 nitrogen and oxygen atoms in total. The summed E-state index contributed by atoms with van der Waals surface area (Å²) < 4.78 is 33.4. The number of carbonyl (C=O) groups excluding carboxylic acids is 2. The van der Waals surface area contributed by atoms with Gasteiger partial charge in [0, 0.05) is 18.0 Å². The van der Waals surface area contributed by atoms with Crippen LogP contribution in [-0.4, -0.2) is 36.1 Å². The summed E-state index contributed by atoms with van der Waals surface area (Å²) in [4.78, 5) is 25.4. The molecule has 3 atom stereocenters. The molecule has 0 fully saturated rings. The zero-order chi connectivity index (χ0) is 23.5. The normalized spacial score (nSPS) is 19.6. The van der Waals surface area contributed by atoms with Gasteiger partial charge in [0.2, 0.25) is 0 Å². The molecule has 0 saturated heterocycles. The van der Waals surface area contributed by atoms with E-state index in [0.717, 1.165) is 23.8 Å².